The molecule has 0 spiro atoms. The number of benzene rings is 2. The molecule has 3 atom stereocenters. The topological polar surface area (TPSA) is 126 Å². The van der Waals surface area contributed by atoms with Crippen molar-refractivity contribution in [2.24, 2.45) is 0 Å². The van der Waals surface area contributed by atoms with Crippen molar-refractivity contribution in [1.29, 1.82) is 0 Å². The van der Waals surface area contributed by atoms with Crippen LogP contribution in [0.1, 0.15) is 10.4 Å². The molecule has 0 aromatic heterocycles. The molecule has 0 bridgehead atoms. The zero-order valence-corrected chi connectivity index (χ0v) is 22.9. The predicted molar refractivity (Wildman–Crippen MR) is 87.5 cm³/mol. The third kappa shape index (κ3) is 8.12. The van der Waals surface area contributed by atoms with Crippen LogP contribution in [0, 0.1) is 0 Å². The first-order valence-corrected chi connectivity index (χ1v) is 10.1. The summed E-state index contributed by atoms with van der Waals surface area (Å²) in [6, 6.07) is 9.35. The maximum absolute atomic E-state index is 12.2. The van der Waals surface area contributed by atoms with Crippen LogP contribution in [-0.4, -0.2) is 33.9 Å². The maximum Gasteiger partial charge on any atom is 1.00 e. The van der Waals surface area contributed by atoms with Crippen LogP contribution in [0.15, 0.2) is 57.2 Å². The van der Waals surface area contributed by atoms with Gasteiger partial charge in [0.1, 0.15) is 0 Å². The minimum absolute atomic E-state index is 0. The first-order chi connectivity index (χ1) is 11.3. The summed E-state index contributed by atoms with van der Waals surface area (Å²) < 4.78 is 55.7. The second-order valence-electron chi connectivity index (χ2n) is 4.60. The van der Waals surface area contributed by atoms with Crippen LogP contribution in [0.3, 0.4) is 0 Å². The molecule has 0 fully saturated rings. The number of hydrogen-bond acceptors (Lipinski definition) is 6. The Bertz CT molecular complexity index is 845. The van der Waals surface area contributed by atoms with Crippen molar-refractivity contribution in [3.05, 3.63) is 48.0 Å². The largest absolute Gasteiger partial charge is 1.00 e. The Balaban J connectivity index is 0.00000312. The van der Waals surface area contributed by atoms with E-state index in [1.807, 2.05) is 0 Å². The van der Waals surface area contributed by atoms with Gasteiger partial charge in [-0.05, 0) is 58.6 Å². The second-order valence-corrected chi connectivity index (χ2v) is 7.86. The summed E-state index contributed by atoms with van der Waals surface area (Å²) >= 11 is -5.30. The molecule has 7 nitrogen and oxygen atoms in total. The maximum atomic E-state index is 12.2. The normalized spacial score (nSPS) is 13.5. The Morgan fingerprint density at radius 1 is 0.885 bits per heavy atom. The summed E-state index contributed by atoms with van der Waals surface area (Å²) in [7, 11) is -1.27. The van der Waals surface area contributed by atoms with Crippen LogP contribution in [0.2, 0.25) is 0 Å². The van der Waals surface area contributed by atoms with Crippen LogP contribution in [0.5, 0.6) is 0 Å². The quantitative estimate of drug-likeness (QED) is 0.350. The number of hydrogen-bond donors (Lipinski definition) is 1. The number of carbonyl (C=O) groups is 1. The molecule has 26 heavy (non-hydrogen) atoms. The second kappa shape index (κ2) is 13.0. The van der Waals surface area contributed by atoms with Crippen molar-refractivity contribution in [3.63, 3.8) is 0 Å². The third-order valence-electron chi connectivity index (χ3n) is 2.95. The minimum Gasteiger partial charge on any atom is -0.768 e. The Morgan fingerprint density at radius 2 is 1.42 bits per heavy atom. The van der Waals surface area contributed by atoms with E-state index in [1.165, 1.54) is 18.4 Å². The molecule has 12 heteroatoms. The van der Waals surface area contributed by atoms with Crippen LogP contribution in [-0.2, 0) is 33.0 Å². The van der Waals surface area contributed by atoms with Crippen molar-refractivity contribution in [1.82, 2.24) is 0 Å². The molecule has 0 saturated carbocycles. The van der Waals surface area contributed by atoms with Gasteiger partial charge in [-0.25, -0.2) is 0 Å². The van der Waals surface area contributed by atoms with Crippen molar-refractivity contribution >= 4 is 44.6 Å². The van der Waals surface area contributed by atoms with E-state index in [-0.39, 0.29) is 124 Å². The molecule has 128 valence electrons. The van der Waals surface area contributed by atoms with Gasteiger partial charge in [-0.1, -0.05) is 6.07 Å². The average molecular weight is 464 g/mol. The number of carbonyl (C=O) groups excluding carboxylic acids is 1. The fourth-order valence-corrected chi connectivity index (χ4v) is 3.39. The fourth-order valence-electron chi connectivity index (χ4n) is 1.86. The molecule has 0 heterocycles. The molecule has 3 unspecified atom stereocenters. The zero-order valence-electron chi connectivity index (χ0n) is 14.2. The molecule has 0 aliphatic carbocycles. The molecule has 1 amide bonds. The van der Waals surface area contributed by atoms with Gasteiger partial charge in [-0.2, -0.15) is 0 Å². The molecule has 2 aromatic carbocycles. The van der Waals surface area contributed by atoms with Crippen molar-refractivity contribution in [3.8, 4) is 0 Å². The summed E-state index contributed by atoms with van der Waals surface area (Å²) in [4.78, 5) is 12.2. The van der Waals surface area contributed by atoms with E-state index in [2.05, 4.69) is 5.32 Å². The molecule has 0 aliphatic rings. The molecular formula is C14H11K2NO6S3. The first-order valence-electron chi connectivity index (χ1n) is 6.36. The molecule has 2 rings (SSSR count). The van der Waals surface area contributed by atoms with E-state index in [0.29, 0.717) is 4.90 Å². The van der Waals surface area contributed by atoms with Crippen LogP contribution < -0.4 is 108 Å². The summed E-state index contributed by atoms with van der Waals surface area (Å²) in [5, 5.41) is 2.43. The summed E-state index contributed by atoms with van der Waals surface area (Å²) in [5.74, 6) is -0.584. The Kier molecular flexibility index (Phi) is 13.8. The molecule has 0 saturated heterocycles. The van der Waals surface area contributed by atoms with E-state index in [0.717, 1.165) is 18.2 Å². The summed E-state index contributed by atoms with van der Waals surface area (Å²) in [6.07, 6.45) is 1.47. The van der Waals surface area contributed by atoms with E-state index in [1.54, 1.807) is 12.1 Å². The number of anilines is 1. The van der Waals surface area contributed by atoms with Gasteiger partial charge in [-0.15, -0.1) is 0 Å². The Morgan fingerprint density at radius 3 is 1.88 bits per heavy atom. The van der Waals surface area contributed by atoms with Crippen molar-refractivity contribution in [2.75, 3.05) is 11.6 Å². The average Bonchev–Trinajstić information content (AvgIpc) is 2.54. The molecular weight excluding hydrogens is 453 g/mol. The first kappa shape index (κ1) is 27.6. The summed E-state index contributed by atoms with van der Waals surface area (Å²) in [6.45, 7) is 0. The van der Waals surface area contributed by atoms with Gasteiger partial charge in [-0.3, -0.25) is 17.4 Å². The van der Waals surface area contributed by atoms with Gasteiger partial charge in [0, 0.05) is 43.0 Å². The predicted octanol–water partition coefficient (Wildman–Crippen LogP) is -4.84. The summed E-state index contributed by atoms with van der Waals surface area (Å²) in [5.41, 5.74) is 0.227. The number of amides is 1. The van der Waals surface area contributed by atoms with E-state index >= 15 is 0 Å². The van der Waals surface area contributed by atoms with Gasteiger partial charge in [0.15, 0.2) is 0 Å². The third-order valence-corrected chi connectivity index (χ3v) is 5.11. The van der Waals surface area contributed by atoms with Gasteiger partial charge in [0.25, 0.3) is 5.91 Å². The SMILES string of the molecule is CS(=O)c1cccc(C(=O)Nc2cc(S(=O)[O-])cc(S(=O)[O-])c2)c1.[K+].[K+]. The molecule has 0 radical (unpaired) electrons. The molecule has 1 N–H and O–H groups in total. The number of rotatable bonds is 5. The van der Waals surface area contributed by atoms with E-state index in [4.69, 9.17) is 0 Å². The van der Waals surface area contributed by atoms with E-state index < -0.39 is 38.9 Å². The Hall–Kier alpha value is 1.55. The smallest absolute Gasteiger partial charge is 0.768 e. The van der Waals surface area contributed by atoms with Gasteiger partial charge < -0.3 is 14.4 Å². The zero-order chi connectivity index (χ0) is 17.9. The van der Waals surface area contributed by atoms with Crippen LogP contribution in [0.25, 0.3) is 0 Å². The monoisotopic (exact) mass is 463 g/mol. The van der Waals surface area contributed by atoms with Gasteiger partial charge in [0.05, 0.1) is 0 Å². The van der Waals surface area contributed by atoms with Crippen molar-refractivity contribution < 1.29 is 129 Å². The molecule has 0 aliphatic heterocycles. The van der Waals surface area contributed by atoms with Crippen LogP contribution in [0.4, 0.5) is 5.69 Å². The molecule has 2 aromatic rings. The van der Waals surface area contributed by atoms with Crippen LogP contribution >= 0.6 is 0 Å². The van der Waals surface area contributed by atoms with Crippen molar-refractivity contribution in [2.45, 2.75) is 14.7 Å². The number of nitrogens with one attached hydrogen (secondary N) is 1. The van der Waals surface area contributed by atoms with E-state index in [9.17, 15) is 26.5 Å². The standard InChI is InChI=1S/C14H13NO6S3.2K/c1-22(17)11-4-2-3-9(5-11)14(16)15-10-6-12(23(18)19)8-13(7-10)24(20)21;;/h2-8H,1H3,(H,15,16)(H,18,19)(H,20,21);;/q;2*+1/p-2. The minimum atomic E-state index is -2.65. The van der Waals surface area contributed by atoms with Gasteiger partial charge >= 0.3 is 103 Å². The Labute approximate surface area is 243 Å². The fraction of sp³-hybridized carbons (Fsp3) is 0.0714. The van der Waals surface area contributed by atoms with Gasteiger partial charge in [0.2, 0.25) is 0 Å².